The van der Waals surface area contributed by atoms with E-state index in [4.69, 9.17) is 4.74 Å². The zero-order valence-corrected chi connectivity index (χ0v) is 14.2. The molecule has 8 heteroatoms. The molecule has 0 spiro atoms. The number of rotatable bonds is 5. The monoisotopic (exact) mass is 354 g/mol. The molecule has 1 aromatic carbocycles. The molecule has 0 aliphatic rings. The normalized spacial score (nSPS) is 10.2. The van der Waals surface area contributed by atoms with E-state index < -0.39 is 0 Å². The maximum atomic E-state index is 13.3. The summed E-state index contributed by atoms with van der Waals surface area (Å²) in [5.74, 6) is 0.631. The van der Waals surface area contributed by atoms with Crippen LogP contribution in [0.4, 0.5) is 10.1 Å². The van der Waals surface area contributed by atoms with E-state index in [1.165, 1.54) is 12.1 Å². The topological polar surface area (TPSA) is 52.0 Å². The van der Waals surface area contributed by atoms with Crippen LogP contribution >= 0.6 is 23.7 Å². The van der Waals surface area contributed by atoms with Crippen LogP contribution in [0.25, 0.3) is 0 Å². The quantitative estimate of drug-likeness (QED) is 0.747. The molecule has 0 bridgehead atoms. The lowest BCUT2D eigenvalue weighted by atomic mass is 10.3. The fourth-order valence-electron chi connectivity index (χ4n) is 2.10. The predicted octanol–water partition coefficient (Wildman–Crippen LogP) is 4.15. The van der Waals surface area contributed by atoms with Crippen molar-refractivity contribution in [1.29, 1.82) is 0 Å². The summed E-state index contributed by atoms with van der Waals surface area (Å²) >= 11 is 1.55. The van der Waals surface area contributed by atoms with Gasteiger partial charge in [0.25, 0.3) is 0 Å². The Morgan fingerprint density at radius 3 is 2.91 bits per heavy atom. The Kier molecular flexibility index (Phi) is 5.57. The van der Waals surface area contributed by atoms with Crippen molar-refractivity contribution in [1.82, 2.24) is 14.8 Å². The van der Waals surface area contributed by atoms with Crippen molar-refractivity contribution >= 4 is 29.4 Å². The van der Waals surface area contributed by atoms with Crippen LogP contribution in [0.2, 0.25) is 0 Å². The number of aromatic nitrogens is 3. The van der Waals surface area contributed by atoms with Crippen molar-refractivity contribution < 1.29 is 9.13 Å². The molecule has 0 fully saturated rings. The molecule has 0 unspecified atom stereocenters. The van der Waals surface area contributed by atoms with Gasteiger partial charge in [0.05, 0.1) is 23.4 Å². The van der Waals surface area contributed by atoms with Gasteiger partial charge in [-0.1, -0.05) is 6.07 Å². The number of hydrogen-bond acceptors (Lipinski definition) is 5. The van der Waals surface area contributed by atoms with Crippen LogP contribution < -0.4 is 10.1 Å². The fraction of sp³-hybridized carbons (Fsp3) is 0.200. The van der Waals surface area contributed by atoms with E-state index in [9.17, 15) is 4.39 Å². The SMILES string of the molecule is Cc1nn(C)c(Oc2cccc(F)c2)c1NCc1cscn1.Cl. The Labute approximate surface area is 143 Å². The van der Waals surface area contributed by atoms with Crippen molar-refractivity contribution in [2.75, 3.05) is 5.32 Å². The maximum absolute atomic E-state index is 13.3. The lowest BCUT2D eigenvalue weighted by Crippen LogP contribution is -2.02. The van der Waals surface area contributed by atoms with E-state index >= 15 is 0 Å². The third kappa shape index (κ3) is 4.00. The highest BCUT2D eigenvalue weighted by Crippen LogP contribution is 2.32. The van der Waals surface area contributed by atoms with E-state index in [0.29, 0.717) is 18.2 Å². The summed E-state index contributed by atoms with van der Waals surface area (Å²) in [6.07, 6.45) is 0. The van der Waals surface area contributed by atoms with E-state index in [2.05, 4.69) is 15.4 Å². The molecular weight excluding hydrogens is 339 g/mol. The molecule has 5 nitrogen and oxygen atoms in total. The highest BCUT2D eigenvalue weighted by Gasteiger charge is 2.16. The zero-order chi connectivity index (χ0) is 15.5. The smallest absolute Gasteiger partial charge is 0.241 e. The molecule has 0 aliphatic carbocycles. The van der Waals surface area contributed by atoms with E-state index in [1.807, 2.05) is 12.3 Å². The lowest BCUT2D eigenvalue weighted by Gasteiger charge is -2.10. The van der Waals surface area contributed by atoms with Gasteiger partial charge >= 0.3 is 0 Å². The third-order valence-corrected chi connectivity index (χ3v) is 3.75. The summed E-state index contributed by atoms with van der Waals surface area (Å²) in [4.78, 5) is 4.23. The van der Waals surface area contributed by atoms with Gasteiger partial charge in [-0.3, -0.25) is 0 Å². The van der Waals surface area contributed by atoms with Gasteiger partial charge in [-0.25, -0.2) is 14.1 Å². The van der Waals surface area contributed by atoms with E-state index in [1.54, 1.807) is 40.7 Å². The number of aryl methyl sites for hydroxylation is 2. The van der Waals surface area contributed by atoms with E-state index in [0.717, 1.165) is 17.1 Å². The highest BCUT2D eigenvalue weighted by molar-refractivity contribution is 7.07. The molecule has 0 saturated heterocycles. The van der Waals surface area contributed by atoms with Gasteiger partial charge in [-0.2, -0.15) is 5.10 Å². The molecular formula is C15H16ClFN4OS. The van der Waals surface area contributed by atoms with Gasteiger partial charge in [0.15, 0.2) is 0 Å². The van der Waals surface area contributed by atoms with Gasteiger partial charge in [-0.05, 0) is 19.1 Å². The van der Waals surface area contributed by atoms with Crippen molar-refractivity contribution in [3.63, 3.8) is 0 Å². The minimum Gasteiger partial charge on any atom is -0.437 e. The average Bonchev–Trinajstić information content (AvgIpc) is 3.07. The first-order valence-corrected chi connectivity index (χ1v) is 7.65. The molecule has 0 atom stereocenters. The number of benzene rings is 1. The Balaban J connectivity index is 0.00000192. The van der Waals surface area contributed by atoms with Crippen LogP contribution in [0.15, 0.2) is 35.2 Å². The fourth-order valence-corrected chi connectivity index (χ4v) is 2.66. The number of halogens is 2. The molecule has 2 aromatic heterocycles. The van der Waals surface area contributed by atoms with Crippen molar-refractivity contribution in [2.45, 2.75) is 13.5 Å². The number of ether oxygens (including phenoxy) is 1. The van der Waals surface area contributed by atoms with Gasteiger partial charge in [0, 0.05) is 18.5 Å². The first-order chi connectivity index (χ1) is 10.6. The van der Waals surface area contributed by atoms with Gasteiger partial charge in [0.1, 0.15) is 17.3 Å². The molecule has 2 heterocycles. The zero-order valence-electron chi connectivity index (χ0n) is 12.6. The van der Waals surface area contributed by atoms with Gasteiger partial charge < -0.3 is 10.1 Å². The molecule has 0 aliphatic heterocycles. The number of nitrogens with one attached hydrogen (secondary N) is 1. The van der Waals surface area contributed by atoms with Crippen molar-refractivity contribution in [3.05, 3.63) is 52.4 Å². The van der Waals surface area contributed by atoms with Crippen LogP contribution in [0, 0.1) is 12.7 Å². The molecule has 0 radical (unpaired) electrons. The largest absolute Gasteiger partial charge is 0.437 e. The average molecular weight is 355 g/mol. The Morgan fingerprint density at radius 2 is 2.22 bits per heavy atom. The van der Waals surface area contributed by atoms with Crippen LogP contribution in [0.1, 0.15) is 11.4 Å². The number of anilines is 1. The standard InChI is InChI=1S/C15H15FN4OS.ClH/c1-10-14(17-7-12-8-22-9-18-12)15(20(2)19-10)21-13-5-3-4-11(16)6-13;/h3-6,8-9,17H,7H2,1-2H3;1H. The number of nitrogens with zero attached hydrogens (tertiary/aromatic N) is 3. The summed E-state index contributed by atoms with van der Waals surface area (Å²) in [6, 6.07) is 6.03. The summed E-state index contributed by atoms with van der Waals surface area (Å²) in [6.45, 7) is 2.47. The second kappa shape index (κ2) is 7.43. The lowest BCUT2D eigenvalue weighted by molar-refractivity contribution is 0.428. The molecule has 23 heavy (non-hydrogen) atoms. The summed E-state index contributed by atoms with van der Waals surface area (Å²) < 4.78 is 20.7. The number of hydrogen-bond donors (Lipinski definition) is 1. The first-order valence-electron chi connectivity index (χ1n) is 6.71. The minimum atomic E-state index is -0.339. The first kappa shape index (κ1) is 17.2. The Hall–Kier alpha value is -2.12. The number of thiazole rings is 1. The second-order valence-electron chi connectivity index (χ2n) is 4.78. The van der Waals surface area contributed by atoms with Gasteiger partial charge in [0.2, 0.25) is 5.88 Å². The highest BCUT2D eigenvalue weighted by atomic mass is 35.5. The molecule has 3 rings (SSSR count). The predicted molar refractivity (Wildman–Crippen MR) is 91.1 cm³/mol. The maximum Gasteiger partial charge on any atom is 0.241 e. The molecule has 0 amide bonds. The summed E-state index contributed by atoms with van der Waals surface area (Å²) in [7, 11) is 1.79. The Morgan fingerprint density at radius 1 is 1.39 bits per heavy atom. The molecule has 3 aromatic rings. The minimum absolute atomic E-state index is 0. The molecule has 0 saturated carbocycles. The van der Waals surface area contributed by atoms with Crippen molar-refractivity contribution in [2.24, 2.45) is 7.05 Å². The Bertz CT molecular complexity index is 776. The van der Waals surface area contributed by atoms with E-state index in [-0.39, 0.29) is 18.2 Å². The third-order valence-electron chi connectivity index (χ3n) is 3.11. The van der Waals surface area contributed by atoms with Gasteiger partial charge in [-0.15, -0.1) is 23.7 Å². The second-order valence-corrected chi connectivity index (χ2v) is 5.50. The van der Waals surface area contributed by atoms with Crippen LogP contribution in [0.3, 0.4) is 0 Å². The van der Waals surface area contributed by atoms with Crippen LogP contribution in [0.5, 0.6) is 11.6 Å². The van der Waals surface area contributed by atoms with Crippen LogP contribution in [-0.4, -0.2) is 14.8 Å². The van der Waals surface area contributed by atoms with Crippen molar-refractivity contribution in [3.8, 4) is 11.6 Å². The van der Waals surface area contributed by atoms with Crippen LogP contribution in [-0.2, 0) is 13.6 Å². The summed E-state index contributed by atoms with van der Waals surface area (Å²) in [5, 5.41) is 9.61. The molecule has 122 valence electrons. The summed E-state index contributed by atoms with van der Waals surface area (Å²) in [5.41, 5.74) is 4.32. The molecule has 1 N–H and O–H groups in total.